The first-order valence-corrected chi connectivity index (χ1v) is 11.6. The lowest BCUT2D eigenvalue weighted by molar-refractivity contribution is 0.0651. The SMILES string of the molecule is Cc1noc2nc(-c3ccco3)cc(C(=O)N3CCC(C(=O)c4ccc5c(c4)OCCO5)CC3)c12. The third-order valence-electron chi connectivity index (χ3n) is 6.60. The maximum Gasteiger partial charge on any atom is 0.259 e. The number of aryl methyl sites for hydroxylation is 1. The van der Waals surface area contributed by atoms with Gasteiger partial charge in [0.1, 0.15) is 18.9 Å². The highest BCUT2D eigenvalue weighted by Gasteiger charge is 2.31. The number of carbonyl (C=O) groups is 2. The second kappa shape index (κ2) is 8.57. The number of carbonyl (C=O) groups excluding carboxylic acids is 2. The Morgan fingerprint density at radius 1 is 1.03 bits per heavy atom. The average Bonchev–Trinajstić information content (AvgIpc) is 3.58. The number of aromatic nitrogens is 2. The molecule has 0 aliphatic carbocycles. The quantitative estimate of drug-likeness (QED) is 0.404. The van der Waals surface area contributed by atoms with Crippen molar-refractivity contribution in [1.82, 2.24) is 15.0 Å². The molecule has 0 saturated carbocycles. The monoisotopic (exact) mass is 473 g/mol. The Morgan fingerprint density at radius 2 is 1.83 bits per heavy atom. The van der Waals surface area contributed by atoms with Gasteiger partial charge >= 0.3 is 0 Å². The van der Waals surface area contributed by atoms with Gasteiger partial charge in [-0.15, -0.1) is 0 Å². The minimum Gasteiger partial charge on any atom is -0.486 e. The Hall–Kier alpha value is -4.14. The van der Waals surface area contributed by atoms with E-state index in [9.17, 15) is 9.59 Å². The molecule has 0 N–H and O–H groups in total. The number of amides is 1. The molecule has 5 heterocycles. The Bertz CT molecular complexity index is 1420. The molecule has 6 rings (SSSR count). The zero-order valence-corrected chi connectivity index (χ0v) is 19.2. The number of Topliss-reactive ketones (excluding diaryl/α,β-unsaturated/α-hetero) is 1. The largest absolute Gasteiger partial charge is 0.486 e. The van der Waals surface area contributed by atoms with Crippen molar-refractivity contribution in [1.29, 1.82) is 0 Å². The summed E-state index contributed by atoms with van der Waals surface area (Å²) in [5.41, 5.74) is 2.48. The van der Waals surface area contributed by atoms with Crippen LogP contribution in [0.4, 0.5) is 0 Å². The normalized spacial score (nSPS) is 16.0. The number of fused-ring (bicyclic) bond motifs is 2. The summed E-state index contributed by atoms with van der Waals surface area (Å²) in [6, 6.07) is 10.6. The molecule has 0 atom stereocenters. The van der Waals surface area contributed by atoms with Crippen molar-refractivity contribution in [2.24, 2.45) is 5.92 Å². The number of hydrogen-bond acceptors (Lipinski definition) is 8. The van der Waals surface area contributed by atoms with Crippen molar-refractivity contribution in [2.45, 2.75) is 19.8 Å². The number of ether oxygens (including phenoxy) is 2. The van der Waals surface area contributed by atoms with E-state index in [0.29, 0.717) is 90.0 Å². The molecule has 3 aromatic heterocycles. The number of likely N-dealkylation sites (tertiary alicyclic amines) is 1. The predicted molar refractivity (Wildman–Crippen MR) is 125 cm³/mol. The molecule has 4 aromatic rings. The first-order valence-electron chi connectivity index (χ1n) is 11.6. The van der Waals surface area contributed by atoms with Gasteiger partial charge in [0.15, 0.2) is 23.0 Å². The third kappa shape index (κ3) is 3.82. The van der Waals surface area contributed by atoms with Crippen LogP contribution in [-0.2, 0) is 0 Å². The number of benzene rings is 1. The summed E-state index contributed by atoms with van der Waals surface area (Å²) in [5.74, 6) is 1.58. The van der Waals surface area contributed by atoms with Crippen molar-refractivity contribution in [3.05, 3.63) is 59.5 Å². The zero-order valence-electron chi connectivity index (χ0n) is 19.2. The third-order valence-corrected chi connectivity index (χ3v) is 6.60. The maximum atomic E-state index is 13.6. The highest BCUT2D eigenvalue weighted by Crippen LogP contribution is 2.33. The van der Waals surface area contributed by atoms with Crippen molar-refractivity contribution in [2.75, 3.05) is 26.3 Å². The Balaban J connectivity index is 1.21. The van der Waals surface area contributed by atoms with Crippen LogP contribution in [0.3, 0.4) is 0 Å². The second-order valence-corrected chi connectivity index (χ2v) is 8.77. The van der Waals surface area contributed by atoms with E-state index in [1.807, 2.05) is 0 Å². The Morgan fingerprint density at radius 3 is 2.60 bits per heavy atom. The Labute approximate surface area is 200 Å². The van der Waals surface area contributed by atoms with Gasteiger partial charge in [0, 0.05) is 24.6 Å². The Kier molecular flexibility index (Phi) is 5.24. The van der Waals surface area contributed by atoms with Crippen LogP contribution in [0.2, 0.25) is 0 Å². The smallest absolute Gasteiger partial charge is 0.259 e. The predicted octanol–water partition coefficient (Wildman–Crippen LogP) is 4.30. The van der Waals surface area contributed by atoms with E-state index < -0.39 is 0 Å². The average molecular weight is 473 g/mol. The van der Waals surface area contributed by atoms with Crippen LogP contribution in [0.25, 0.3) is 22.6 Å². The number of pyridine rings is 1. The second-order valence-electron chi connectivity index (χ2n) is 8.77. The number of furan rings is 1. The minimum absolute atomic E-state index is 0.0651. The maximum absolute atomic E-state index is 13.6. The van der Waals surface area contributed by atoms with Crippen LogP contribution in [0.5, 0.6) is 11.5 Å². The van der Waals surface area contributed by atoms with E-state index in [1.165, 1.54) is 0 Å². The minimum atomic E-state index is -0.157. The number of rotatable bonds is 4. The molecule has 0 bridgehead atoms. The van der Waals surface area contributed by atoms with Gasteiger partial charge in [0.25, 0.3) is 11.6 Å². The molecule has 1 amide bonds. The lowest BCUT2D eigenvalue weighted by atomic mass is 9.88. The number of hydrogen-bond donors (Lipinski definition) is 0. The molecule has 1 aromatic carbocycles. The first-order chi connectivity index (χ1) is 17.1. The van der Waals surface area contributed by atoms with Gasteiger partial charge in [-0.25, -0.2) is 4.98 Å². The summed E-state index contributed by atoms with van der Waals surface area (Å²) in [4.78, 5) is 33.0. The summed E-state index contributed by atoms with van der Waals surface area (Å²) in [6.45, 7) is 3.72. The van der Waals surface area contributed by atoms with E-state index in [0.717, 1.165) is 0 Å². The van der Waals surface area contributed by atoms with E-state index >= 15 is 0 Å². The van der Waals surface area contributed by atoms with Gasteiger partial charge in [-0.3, -0.25) is 9.59 Å². The van der Waals surface area contributed by atoms with Crippen molar-refractivity contribution in [3.63, 3.8) is 0 Å². The standard InChI is InChI=1S/C26H23N3O6/c1-15-23-18(14-19(20-3-2-10-32-20)27-25(23)35-28-15)26(31)29-8-6-16(7-9-29)24(30)17-4-5-21-22(13-17)34-12-11-33-21/h2-5,10,13-14,16H,6-9,11-12H2,1H3. The highest BCUT2D eigenvalue weighted by atomic mass is 16.6. The van der Waals surface area contributed by atoms with Crippen LogP contribution in [0.15, 0.2) is 51.6 Å². The topological polar surface area (TPSA) is 108 Å². The van der Waals surface area contributed by atoms with Crippen molar-refractivity contribution >= 4 is 22.8 Å². The fourth-order valence-electron chi connectivity index (χ4n) is 4.76. The molecule has 178 valence electrons. The fourth-order valence-corrected chi connectivity index (χ4v) is 4.76. The molecule has 9 nitrogen and oxygen atoms in total. The molecule has 1 saturated heterocycles. The molecule has 0 spiro atoms. The van der Waals surface area contributed by atoms with E-state index in [2.05, 4.69) is 10.1 Å². The van der Waals surface area contributed by atoms with Gasteiger partial charge in [-0.2, -0.15) is 0 Å². The van der Waals surface area contributed by atoms with Crippen molar-refractivity contribution in [3.8, 4) is 23.0 Å². The number of nitrogens with zero attached hydrogens (tertiary/aromatic N) is 3. The van der Waals surface area contributed by atoms with Gasteiger partial charge in [-0.05, 0) is 56.2 Å². The summed E-state index contributed by atoms with van der Waals surface area (Å²) in [7, 11) is 0. The molecule has 2 aliphatic rings. The van der Waals surface area contributed by atoms with Crippen LogP contribution in [0.1, 0.15) is 39.3 Å². The van der Waals surface area contributed by atoms with E-state index in [4.69, 9.17) is 18.4 Å². The molecule has 9 heteroatoms. The molecular formula is C26H23N3O6. The summed E-state index contributed by atoms with van der Waals surface area (Å²) in [6.07, 6.45) is 2.72. The fraction of sp³-hybridized carbons (Fsp3) is 0.308. The zero-order chi connectivity index (χ0) is 23.9. The van der Waals surface area contributed by atoms with Crippen LogP contribution in [-0.4, -0.2) is 53.0 Å². The van der Waals surface area contributed by atoms with Gasteiger partial charge < -0.3 is 23.3 Å². The van der Waals surface area contributed by atoms with Crippen LogP contribution >= 0.6 is 0 Å². The van der Waals surface area contributed by atoms with Gasteiger partial charge in [0.2, 0.25) is 0 Å². The van der Waals surface area contributed by atoms with Crippen LogP contribution < -0.4 is 9.47 Å². The lowest BCUT2D eigenvalue weighted by Gasteiger charge is -2.31. The van der Waals surface area contributed by atoms with Crippen molar-refractivity contribution < 1.29 is 28.0 Å². The molecular weight excluding hydrogens is 450 g/mol. The van der Waals surface area contributed by atoms with Crippen LogP contribution in [0, 0.1) is 12.8 Å². The lowest BCUT2D eigenvalue weighted by Crippen LogP contribution is -2.40. The molecule has 2 aliphatic heterocycles. The number of piperidine rings is 1. The number of ketones is 1. The summed E-state index contributed by atoms with van der Waals surface area (Å²) in [5, 5.41) is 4.60. The molecule has 0 radical (unpaired) electrons. The highest BCUT2D eigenvalue weighted by molar-refractivity contribution is 6.07. The van der Waals surface area contributed by atoms with Gasteiger partial charge in [-0.1, -0.05) is 5.16 Å². The van der Waals surface area contributed by atoms with E-state index in [-0.39, 0.29) is 17.6 Å². The first kappa shape index (κ1) is 21.4. The molecule has 35 heavy (non-hydrogen) atoms. The molecule has 0 unspecified atom stereocenters. The van der Waals surface area contributed by atoms with Gasteiger partial charge in [0.05, 0.1) is 22.9 Å². The summed E-state index contributed by atoms with van der Waals surface area (Å²) < 4.78 is 22.0. The summed E-state index contributed by atoms with van der Waals surface area (Å²) >= 11 is 0. The molecule has 1 fully saturated rings. The van der Waals surface area contributed by atoms with E-state index in [1.54, 1.807) is 54.5 Å².